The van der Waals surface area contributed by atoms with Gasteiger partial charge in [0.1, 0.15) is 17.2 Å². The maximum Gasteiger partial charge on any atom is 0.270 e. The van der Waals surface area contributed by atoms with E-state index in [1.165, 1.54) is 0 Å². The van der Waals surface area contributed by atoms with E-state index in [0.717, 1.165) is 23.0 Å². The molecule has 1 aromatic carbocycles. The molecule has 3 aromatic rings. The summed E-state index contributed by atoms with van der Waals surface area (Å²) < 4.78 is 12.8. The molecule has 2 aromatic heterocycles. The van der Waals surface area contributed by atoms with Crippen molar-refractivity contribution in [2.45, 2.75) is 18.9 Å². The number of aromatic nitrogens is 2. The molecule has 29 heavy (non-hydrogen) atoms. The fourth-order valence-electron chi connectivity index (χ4n) is 4.86. The van der Waals surface area contributed by atoms with Crippen molar-refractivity contribution < 1.29 is 14.3 Å². The summed E-state index contributed by atoms with van der Waals surface area (Å²) in [5, 5.41) is 0.823. The Labute approximate surface area is 167 Å². The molecule has 7 nitrogen and oxygen atoms in total. The van der Waals surface area contributed by atoms with Gasteiger partial charge in [0.15, 0.2) is 0 Å². The Balaban J connectivity index is 1.48. The van der Waals surface area contributed by atoms with Crippen LogP contribution in [0.2, 0.25) is 0 Å². The zero-order valence-corrected chi connectivity index (χ0v) is 16.5. The summed E-state index contributed by atoms with van der Waals surface area (Å²) in [7, 11) is 3.22. The molecular formula is C22H23N3O4. The van der Waals surface area contributed by atoms with Gasteiger partial charge in [0.2, 0.25) is 0 Å². The molecule has 0 spiro atoms. The summed E-state index contributed by atoms with van der Waals surface area (Å²) in [6.45, 7) is 1.94. The van der Waals surface area contributed by atoms with E-state index in [1.807, 2.05) is 39.8 Å². The minimum absolute atomic E-state index is 0.0354. The average molecular weight is 393 g/mol. The van der Waals surface area contributed by atoms with Crippen molar-refractivity contribution in [3.63, 3.8) is 0 Å². The average Bonchev–Trinajstić information content (AvgIpc) is 3.18. The Morgan fingerprint density at radius 2 is 1.86 bits per heavy atom. The molecule has 2 aliphatic heterocycles. The number of aromatic amines is 1. The molecule has 0 aliphatic carbocycles. The van der Waals surface area contributed by atoms with Crippen LogP contribution < -0.4 is 15.0 Å². The Kier molecular flexibility index (Phi) is 4.12. The molecule has 1 fully saturated rings. The van der Waals surface area contributed by atoms with Crippen LogP contribution in [-0.2, 0) is 6.54 Å². The molecule has 1 saturated heterocycles. The molecule has 0 radical (unpaired) electrons. The molecule has 5 rings (SSSR count). The van der Waals surface area contributed by atoms with Crippen molar-refractivity contribution in [1.29, 1.82) is 0 Å². The van der Waals surface area contributed by atoms with Gasteiger partial charge in [-0.1, -0.05) is 6.07 Å². The molecule has 0 saturated carbocycles. The quantitative estimate of drug-likeness (QED) is 0.742. The van der Waals surface area contributed by atoms with Gasteiger partial charge in [-0.3, -0.25) is 9.59 Å². The molecule has 1 amide bonds. The molecule has 2 atom stereocenters. The monoisotopic (exact) mass is 393 g/mol. The summed E-state index contributed by atoms with van der Waals surface area (Å²) in [6, 6.07) is 10.9. The highest BCUT2D eigenvalue weighted by Gasteiger charge is 2.36. The van der Waals surface area contributed by atoms with Crippen LogP contribution in [0.4, 0.5) is 0 Å². The van der Waals surface area contributed by atoms with Gasteiger partial charge >= 0.3 is 0 Å². The van der Waals surface area contributed by atoms with Crippen molar-refractivity contribution in [3.8, 4) is 11.5 Å². The van der Waals surface area contributed by atoms with Crippen molar-refractivity contribution >= 4 is 16.8 Å². The third-order valence-corrected chi connectivity index (χ3v) is 6.15. The van der Waals surface area contributed by atoms with Crippen LogP contribution in [-0.4, -0.2) is 47.7 Å². The number of H-pyrrole nitrogens is 1. The number of carbonyl (C=O) groups is 1. The first-order valence-electron chi connectivity index (χ1n) is 9.81. The van der Waals surface area contributed by atoms with Crippen LogP contribution in [0, 0.1) is 5.92 Å². The van der Waals surface area contributed by atoms with Gasteiger partial charge in [-0.15, -0.1) is 0 Å². The molecule has 2 bridgehead atoms. The molecule has 4 heterocycles. The zero-order chi connectivity index (χ0) is 20.1. The Hall–Kier alpha value is -3.22. The summed E-state index contributed by atoms with van der Waals surface area (Å²) in [6.07, 6.45) is 1.02. The predicted molar refractivity (Wildman–Crippen MR) is 109 cm³/mol. The molecule has 2 unspecified atom stereocenters. The number of methoxy groups -OCH3 is 2. The van der Waals surface area contributed by atoms with Gasteiger partial charge in [-0.2, -0.15) is 0 Å². The van der Waals surface area contributed by atoms with E-state index in [1.54, 1.807) is 20.3 Å². The number of piperidine rings is 1. The topological polar surface area (TPSA) is 76.6 Å². The first-order chi connectivity index (χ1) is 14.1. The number of rotatable bonds is 3. The minimum Gasteiger partial charge on any atom is -0.496 e. The number of carbonyl (C=O) groups excluding carboxylic acids is 1. The van der Waals surface area contributed by atoms with Crippen molar-refractivity contribution in [2.75, 3.05) is 27.3 Å². The van der Waals surface area contributed by atoms with E-state index in [-0.39, 0.29) is 17.4 Å². The second-order valence-electron chi connectivity index (χ2n) is 7.85. The highest BCUT2D eigenvalue weighted by molar-refractivity contribution is 6.01. The van der Waals surface area contributed by atoms with E-state index in [2.05, 4.69) is 4.98 Å². The smallest absolute Gasteiger partial charge is 0.270 e. The summed E-state index contributed by atoms with van der Waals surface area (Å²) >= 11 is 0. The van der Waals surface area contributed by atoms with Crippen LogP contribution in [0.5, 0.6) is 11.5 Å². The fourth-order valence-corrected chi connectivity index (χ4v) is 4.86. The van der Waals surface area contributed by atoms with Crippen LogP contribution in [0.25, 0.3) is 10.9 Å². The highest BCUT2D eigenvalue weighted by atomic mass is 16.5. The lowest BCUT2D eigenvalue weighted by Crippen LogP contribution is -2.49. The SMILES string of the molecule is COc1ccc(OC)c2[nH]c(C(=O)N3CC4CC(C3)c3cccc(=O)n3C4)cc12. The third kappa shape index (κ3) is 2.80. The lowest BCUT2D eigenvalue weighted by atomic mass is 9.83. The Morgan fingerprint density at radius 1 is 1.07 bits per heavy atom. The summed E-state index contributed by atoms with van der Waals surface area (Å²) in [4.78, 5) is 30.7. The highest BCUT2D eigenvalue weighted by Crippen LogP contribution is 2.37. The third-order valence-electron chi connectivity index (χ3n) is 6.15. The lowest BCUT2D eigenvalue weighted by Gasteiger charge is -2.42. The van der Waals surface area contributed by atoms with Gasteiger partial charge in [-0.25, -0.2) is 0 Å². The number of nitrogens with one attached hydrogen (secondary N) is 1. The first-order valence-corrected chi connectivity index (χ1v) is 9.81. The van der Waals surface area contributed by atoms with E-state index >= 15 is 0 Å². The Morgan fingerprint density at radius 3 is 2.66 bits per heavy atom. The van der Waals surface area contributed by atoms with Gasteiger partial charge in [0, 0.05) is 42.7 Å². The second-order valence-corrected chi connectivity index (χ2v) is 7.85. The second kappa shape index (κ2) is 6.69. The van der Waals surface area contributed by atoms with Gasteiger partial charge < -0.3 is 23.9 Å². The van der Waals surface area contributed by atoms with E-state index in [0.29, 0.717) is 42.7 Å². The van der Waals surface area contributed by atoms with Crippen molar-refractivity contribution in [2.24, 2.45) is 5.92 Å². The first kappa shape index (κ1) is 17.8. The molecular weight excluding hydrogens is 370 g/mol. The molecule has 1 N–H and O–H groups in total. The fraction of sp³-hybridized carbons (Fsp3) is 0.364. The van der Waals surface area contributed by atoms with Crippen molar-refractivity contribution in [1.82, 2.24) is 14.5 Å². The number of pyridine rings is 1. The van der Waals surface area contributed by atoms with E-state index in [4.69, 9.17) is 9.47 Å². The number of likely N-dealkylation sites (tertiary alicyclic amines) is 1. The van der Waals surface area contributed by atoms with Crippen LogP contribution >= 0.6 is 0 Å². The maximum atomic E-state index is 13.3. The molecule has 7 heteroatoms. The number of benzene rings is 1. The minimum atomic E-state index is -0.0354. The van der Waals surface area contributed by atoms with Crippen molar-refractivity contribution in [3.05, 3.63) is 58.1 Å². The van der Waals surface area contributed by atoms with Crippen LogP contribution in [0.3, 0.4) is 0 Å². The molecule has 2 aliphatic rings. The number of nitrogens with zero attached hydrogens (tertiary/aromatic N) is 2. The summed E-state index contributed by atoms with van der Waals surface area (Å²) in [5.74, 6) is 1.81. The lowest BCUT2D eigenvalue weighted by molar-refractivity contribution is 0.0589. The largest absolute Gasteiger partial charge is 0.496 e. The number of fused-ring (bicyclic) bond motifs is 5. The molecule has 150 valence electrons. The van der Waals surface area contributed by atoms with Gasteiger partial charge in [-0.05, 0) is 36.6 Å². The Bertz CT molecular complexity index is 1120. The summed E-state index contributed by atoms with van der Waals surface area (Å²) in [5.41, 5.74) is 2.36. The standard InChI is InChI=1S/C22H23N3O4/c1-28-18-6-7-19(29-2)21-15(18)9-16(23-21)22(27)24-10-13-8-14(12-24)17-4-3-5-20(26)25(17)11-13/h3-7,9,13-14,23H,8,10-12H2,1-2H3. The number of ether oxygens (including phenoxy) is 2. The number of hydrogen-bond donors (Lipinski definition) is 1. The van der Waals surface area contributed by atoms with Gasteiger partial charge in [0.25, 0.3) is 11.5 Å². The van der Waals surface area contributed by atoms with Crippen LogP contribution in [0.15, 0.2) is 41.2 Å². The maximum absolute atomic E-state index is 13.3. The number of amides is 1. The van der Waals surface area contributed by atoms with Crippen LogP contribution in [0.1, 0.15) is 28.5 Å². The predicted octanol–water partition coefficient (Wildman–Crippen LogP) is 2.61. The normalized spacial score (nSPS) is 20.4. The van der Waals surface area contributed by atoms with E-state index < -0.39 is 0 Å². The zero-order valence-electron chi connectivity index (χ0n) is 16.5. The van der Waals surface area contributed by atoms with Gasteiger partial charge in [0.05, 0.1) is 19.7 Å². The van der Waals surface area contributed by atoms with E-state index in [9.17, 15) is 9.59 Å². The number of hydrogen-bond acceptors (Lipinski definition) is 4.